The van der Waals surface area contributed by atoms with Gasteiger partial charge in [-0.2, -0.15) is 0 Å². The van der Waals surface area contributed by atoms with Crippen molar-refractivity contribution in [2.24, 2.45) is 0 Å². The molecule has 0 saturated carbocycles. The van der Waals surface area contributed by atoms with Crippen molar-refractivity contribution in [1.29, 1.82) is 0 Å². The van der Waals surface area contributed by atoms with Crippen molar-refractivity contribution < 1.29 is 14.1 Å². The lowest BCUT2D eigenvalue weighted by atomic mass is 9.79. The van der Waals surface area contributed by atoms with Crippen molar-refractivity contribution in [3.8, 4) is 0 Å². The predicted octanol–water partition coefficient (Wildman–Crippen LogP) is 4.70. The van der Waals surface area contributed by atoms with E-state index in [1.807, 2.05) is 45.9 Å². The molecule has 0 aromatic carbocycles. The molecule has 22 heavy (non-hydrogen) atoms. The minimum Gasteiger partial charge on any atom is -0.400 e. The van der Waals surface area contributed by atoms with Crippen molar-refractivity contribution in [3.05, 3.63) is 26.8 Å². The van der Waals surface area contributed by atoms with Crippen LogP contribution in [0.1, 0.15) is 39.5 Å². The zero-order chi connectivity index (χ0) is 16.5. The quantitative estimate of drug-likeness (QED) is 0.731. The van der Waals surface area contributed by atoms with E-state index < -0.39 is 18.3 Å². The standard InChI is InChI=1S/C15H20BClO3S2/c1-10(18)21-9-11(8-12-6-7-13(17)22-12)16-19-14(2,3)15(4,5)20-16/h6-8H,9H2,1-5H3. The SMILES string of the molecule is CC(=O)SCC(=Cc1ccc(Cl)s1)B1OC(C)(C)C(C)(C)O1. The first-order valence-electron chi connectivity index (χ1n) is 7.05. The van der Waals surface area contributed by atoms with E-state index in [9.17, 15) is 4.79 Å². The van der Waals surface area contributed by atoms with Crippen LogP contribution in [0, 0.1) is 0 Å². The van der Waals surface area contributed by atoms with Crippen LogP contribution in [0.2, 0.25) is 4.34 Å². The van der Waals surface area contributed by atoms with E-state index in [-0.39, 0.29) is 5.12 Å². The summed E-state index contributed by atoms with van der Waals surface area (Å²) in [5.41, 5.74) is 0.146. The van der Waals surface area contributed by atoms with Crippen LogP contribution in [0.4, 0.5) is 0 Å². The molecule has 7 heteroatoms. The van der Waals surface area contributed by atoms with Gasteiger partial charge in [0.25, 0.3) is 0 Å². The van der Waals surface area contributed by atoms with Crippen LogP contribution in [-0.2, 0) is 14.1 Å². The highest BCUT2D eigenvalue weighted by molar-refractivity contribution is 8.13. The van der Waals surface area contributed by atoms with Crippen LogP contribution in [0.25, 0.3) is 6.08 Å². The molecule has 1 saturated heterocycles. The Balaban J connectivity index is 2.25. The average molecular weight is 359 g/mol. The zero-order valence-corrected chi connectivity index (χ0v) is 15.8. The monoisotopic (exact) mass is 358 g/mol. The van der Waals surface area contributed by atoms with Gasteiger partial charge in [-0.25, -0.2) is 0 Å². The van der Waals surface area contributed by atoms with Crippen LogP contribution in [-0.4, -0.2) is 29.2 Å². The lowest BCUT2D eigenvalue weighted by molar-refractivity contribution is -0.109. The van der Waals surface area contributed by atoms with Crippen LogP contribution in [0.15, 0.2) is 17.6 Å². The number of thioether (sulfide) groups is 1. The fourth-order valence-electron chi connectivity index (χ4n) is 1.95. The second-order valence-corrected chi connectivity index (χ2v) is 9.13. The topological polar surface area (TPSA) is 35.5 Å². The van der Waals surface area contributed by atoms with E-state index in [1.54, 1.807) is 6.92 Å². The molecule has 0 spiro atoms. The second-order valence-electron chi connectivity index (χ2n) is 6.23. The molecule has 0 amide bonds. The summed E-state index contributed by atoms with van der Waals surface area (Å²) >= 11 is 8.74. The van der Waals surface area contributed by atoms with Crippen LogP contribution >= 0.6 is 34.7 Å². The Hall–Kier alpha value is -0.265. The first-order chi connectivity index (χ1) is 10.1. The molecule has 1 aliphatic rings. The molecular formula is C15H20BClO3S2. The Morgan fingerprint density at radius 2 is 1.91 bits per heavy atom. The third-order valence-corrected chi connectivity index (χ3v) is 5.98. The molecule has 0 atom stereocenters. The molecule has 1 aromatic rings. The second kappa shape index (κ2) is 6.69. The van der Waals surface area contributed by atoms with Crippen LogP contribution < -0.4 is 0 Å². The van der Waals surface area contributed by atoms with Gasteiger partial charge in [-0.1, -0.05) is 23.4 Å². The number of hydrogen-bond donors (Lipinski definition) is 0. The van der Waals surface area contributed by atoms with Crippen molar-refractivity contribution in [3.63, 3.8) is 0 Å². The van der Waals surface area contributed by atoms with Gasteiger partial charge >= 0.3 is 7.12 Å². The van der Waals surface area contributed by atoms with Gasteiger partial charge in [0.1, 0.15) is 0 Å². The van der Waals surface area contributed by atoms with E-state index >= 15 is 0 Å². The van der Waals surface area contributed by atoms with Crippen molar-refractivity contribution >= 4 is 53.0 Å². The van der Waals surface area contributed by atoms with E-state index in [0.29, 0.717) is 5.75 Å². The predicted molar refractivity (Wildman–Crippen MR) is 96.5 cm³/mol. The molecule has 0 N–H and O–H groups in total. The summed E-state index contributed by atoms with van der Waals surface area (Å²) in [6.07, 6.45) is 2.01. The maximum atomic E-state index is 11.3. The highest BCUT2D eigenvalue weighted by Gasteiger charge is 2.52. The molecule has 1 aromatic heterocycles. The van der Waals surface area contributed by atoms with Gasteiger partial charge in [-0.3, -0.25) is 4.79 Å². The summed E-state index contributed by atoms with van der Waals surface area (Å²) in [7, 11) is -0.447. The fourth-order valence-corrected chi connectivity index (χ4v) is 3.57. The van der Waals surface area contributed by atoms with Gasteiger partial charge in [0.2, 0.25) is 0 Å². The molecule has 2 rings (SSSR count). The zero-order valence-electron chi connectivity index (χ0n) is 13.4. The van der Waals surface area contributed by atoms with E-state index in [4.69, 9.17) is 20.9 Å². The molecule has 2 heterocycles. The van der Waals surface area contributed by atoms with Gasteiger partial charge in [0.05, 0.1) is 15.5 Å². The highest BCUT2D eigenvalue weighted by atomic mass is 35.5. The summed E-state index contributed by atoms with van der Waals surface area (Å²) in [5, 5.41) is 0.0756. The lowest BCUT2D eigenvalue weighted by Gasteiger charge is -2.32. The third-order valence-electron chi connectivity index (χ3n) is 3.92. The van der Waals surface area contributed by atoms with Gasteiger partial charge in [-0.15, -0.1) is 11.3 Å². The summed E-state index contributed by atoms with van der Waals surface area (Å²) in [5.74, 6) is 0.543. The van der Waals surface area contributed by atoms with Gasteiger partial charge < -0.3 is 9.31 Å². The molecule has 0 unspecified atom stereocenters. The maximum absolute atomic E-state index is 11.3. The number of carbonyl (C=O) groups is 1. The molecule has 120 valence electrons. The summed E-state index contributed by atoms with van der Waals surface area (Å²) in [6, 6.07) is 3.81. The summed E-state index contributed by atoms with van der Waals surface area (Å²) < 4.78 is 12.9. The lowest BCUT2D eigenvalue weighted by Crippen LogP contribution is -2.41. The van der Waals surface area contributed by atoms with E-state index in [1.165, 1.54) is 23.1 Å². The molecule has 0 aliphatic carbocycles. The molecule has 3 nitrogen and oxygen atoms in total. The van der Waals surface area contributed by atoms with Crippen LogP contribution in [0.3, 0.4) is 0 Å². The Morgan fingerprint density at radius 1 is 1.32 bits per heavy atom. The van der Waals surface area contributed by atoms with Crippen molar-refractivity contribution in [2.45, 2.75) is 45.8 Å². The van der Waals surface area contributed by atoms with Crippen LogP contribution in [0.5, 0.6) is 0 Å². The number of hydrogen-bond acceptors (Lipinski definition) is 5. The number of carbonyl (C=O) groups excluding carboxylic acids is 1. The molecule has 1 fully saturated rings. The molecule has 0 radical (unpaired) electrons. The number of thiophene rings is 1. The average Bonchev–Trinajstić information content (AvgIpc) is 2.86. The Bertz CT molecular complexity index is 579. The number of rotatable bonds is 4. The largest absolute Gasteiger partial charge is 0.491 e. The fraction of sp³-hybridized carbons (Fsp3) is 0.533. The first kappa shape index (κ1) is 18.1. The minimum atomic E-state index is -0.447. The third kappa shape index (κ3) is 4.17. The highest BCUT2D eigenvalue weighted by Crippen LogP contribution is 2.39. The van der Waals surface area contributed by atoms with Crippen molar-refractivity contribution in [1.82, 2.24) is 0 Å². The van der Waals surface area contributed by atoms with Gasteiger partial charge in [-0.05, 0) is 51.4 Å². The van der Waals surface area contributed by atoms with Gasteiger partial charge in [0, 0.05) is 17.6 Å². The Labute approximate surface area is 145 Å². The maximum Gasteiger partial charge on any atom is 0.491 e. The summed E-state index contributed by atoms with van der Waals surface area (Å²) in [4.78, 5) is 12.3. The Morgan fingerprint density at radius 3 is 2.36 bits per heavy atom. The Kier molecular flexibility index (Phi) is 5.50. The molecule has 1 aliphatic heterocycles. The smallest absolute Gasteiger partial charge is 0.400 e. The van der Waals surface area contributed by atoms with Crippen molar-refractivity contribution in [2.75, 3.05) is 5.75 Å². The number of halogens is 1. The molecular weight excluding hydrogens is 339 g/mol. The minimum absolute atomic E-state index is 0.0756. The molecule has 0 bridgehead atoms. The summed E-state index contributed by atoms with van der Waals surface area (Å²) in [6.45, 7) is 9.64. The first-order valence-corrected chi connectivity index (χ1v) is 9.23. The van der Waals surface area contributed by atoms with E-state index in [2.05, 4.69) is 0 Å². The normalized spacial score (nSPS) is 20.5. The van der Waals surface area contributed by atoms with Gasteiger partial charge in [0.15, 0.2) is 5.12 Å². The van der Waals surface area contributed by atoms with E-state index in [0.717, 1.165) is 14.7 Å².